The number of thiocarbonyl (C=S) groups is 1. The Morgan fingerprint density at radius 2 is 1.90 bits per heavy atom. The molecular weight excluding hydrogens is 424 g/mol. The fourth-order valence-electron chi connectivity index (χ4n) is 4.73. The summed E-state index contributed by atoms with van der Waals surface area (Å²) in [5.74, 6) is 0. The summed E-state index contributed by atoms with van der Waals surface area (Å²) in [6, 6.07) is 14.2. The lowest BCUT2D eigenvalue weighted by Crippen LogP contribution is -2.31. The van der Waals surface area contributed by atoms with E-state index in [1.54, 1.807) is 0 Å². The van der Waals surface area contributed by atoms with Crippen LogP contribution in [0.1, 0.15) is 60.1 Å². The number of nitrogens with one attached hydrogen (secondary N) is 1. The van der Waals surface area contributed by atoms with Crippen LogP contribution in [0.5, 0.6) is 0 Å². The maximum Gasteiger partial charge on any atom is 0.170 e. The van der Waals surface area contributed by atoms with Crippen molar-refractivity contribution < 1.29 is 0 Å². The molecule has 6 heteroatoms. The zero-order valence-corrected chi connectivity index (χ0v) is 20.1. The van der Waals surface area contributed by atoms with E-state index < -0.39 is 0 Å². The number of pyridine rings is 1. The summed E-state index contributed by atoms with van der Waals surface area (Å²) in [7, 11) is 0. The molecule has 4 rings (SSSR count). The lowest BCUT2D eigenvalue weighted by Gasteiger charge is -2.29. The van der Waals surface area contributed by atoms with Crippen molar-refractivity contribution in [3.63, 3.8) is 0 Å². The van der Waals surface area contributed by atoms with E-state index in [9.17, 15) is 0 Å². The van der Waals surface area contributed by atoms with E-state index in [1.807, 2.05) is 36.5 Å². The minimum atomic E-state index is 0.0116. The summed E-state index contributed by atoms with van der Waals surface area (Å²) in [6.45, 7) is 9.74. The van der Waals surface area contributed by atoms with E-state index in [-0.39, 0.29) is 12.1 Å². The topological polar surface area (TPSA) is 33.1 Å². The van der Waals surface area contributed by atoms with Crippen molar-refractivity contribution in [3.8, 4) is 5.69 Å². The minimum Gasteiger partial charge on any atom is -0.352 e. The highest BCUT2D eigenvalue weighted by Gasteiger charge is 2.42. The SMILES string of the molecule is CCCCN1C(=S)N[C@H](c2ccccn2)[C@H]1c1c(C)c(C)n(-c2cccc(Cl)c2)c1C. The predicted molar refractivity (Wildman–Crippen MR) is 132 cm³/mol. The van der Waals surface area contributed by atoms with Crippen molar-refractivity contribution in [1.82, 2.24) is 19.8 Å². The molecular formula is C25H29ClN4S. The number of aromatic nitrogens is 2. The molecule has 0 radical (unpaired) electrons. The van der Waals surface area contributed by atoms with E-state index in [1.165, 1.54) is 22.5 Å². The average molecular weight is 453 g/mol. The number of rotatable bonds is 6. The molecule has 2 atom stereocenters. The lowest BCUT2D eigenvalue weighted by molar-refractivity contribution is 0.311. The molecule has 1 aliphatic rings. The number of unbranched alkanes of at least 4 members (excludes halogenated alkanes) is 1. The first-order chi connectivity index (χ1) is 14.9. The van der Waals surface area contributed by atoms with Crippen molar-refractivity contribution in [1.29, 1.82) is 0 Å². The van der Waals surface area contributed by atoms with Crippen molar-refractivity contribution in [2.45, 2.75) is 52.6 Å². The van der Waals surface area contributed by atoms with Crippen LogP contribution in [0.2, 0.25) is 5.02 Å². The molecule has 1 saturated heterocycles. The number of nitrogens with zero attached hydrogens (tertiary/aromatic N) is 3. The van der Waals surface area contributed by atoms with Gasteiger partial charge in [0, 0.05) is 40.4 Å². The molecule has 0 amide bonds. The molecule has 1 fully saturated rings. The average Bonchev–Trinajstić information content (AvgIpc) is 3.19. The monoisotopic (exact) mass is 452 g/mol. The largest absolute Gasteiger partial charge is 0.352 e. The van der Waals surface area contributed by atoms with Gasteiger partial charge in [0.15, 0.2) is 5.11 Å². The Kier molecular flexibility index (Phi) is 6.35. The van der Waals surface area contributed by atoms with Gasteiger partial charge in [-0.05, 0) is 75.3 Å². The quantitative estimate of drug-likeness (QED) is 0.450. The summed E-state index contributed by atoms with van der Waals surface area (Å²) in [6.07, 6.45) is 4.08. The van der Waals surface area contributed by atoms with E-state index in [0.29, 0.717) is 0 Å². The molecule has 4 nitrogen and oxygen atoms in total. The van der Waals surface area contributed by atoms with Crippen molar-refractivity contribution in [3.05, 3.63) is 81.9 Å². The summed E-state index contributed by atoms with van der Waals surface area (Å²) in [5, 5.41) is 5.12. The molecule has 1 aliphatic heterocycles. The van der Waals surface area contributed by atoms with Crippen LogP contribution in [0, 0.1) is 20.8 Å². The van der Waals surface area contributed by atoms with E-state index in [0.717, 1.165) is 40.9 Å². The van der Waals surface area contributed by atoms with E-state index in [4.69, 9.17) is 23.8 Å². The number of hydrogen-bond donors (Lipinski definition) is 1. The van der Waals surface area contributed by atoms with E-state index >= 15 is 0 Å². The fraction of sp³-hybridized carbons (Fsp3) is 0.360. The Morgan fingerprint density at radius 3 is 2.58 bits per heavy atom. The summed E-state index contributed by atoms with van der Waals surface area (Å²) in [5.41, 5.74) is 7.15. The van der Waals surface area contributed by atoms with Crippen molar-refractivity contribution in [2.75, 3.05) is 6.54 Å². The summed E-state index contributed by atoms with van der Waals surface area (Å²) < 4.78 is 2.31. The van der Waals surface area contributed by atoms with Gasteiger partial charge in [-0.1, -0.05) is 37.1 Å². The summed E-state index contributed by atoms with van der Waals surface area (Å²) >= 11 is 12.1. The second-order valence-corrected chi connectivity index (χ2v) is 9.02. The maximum atomic E-state index is 6.32. The van der Waals surface area contributed by atoms with Crippen LogP contribution in [0.4, 0.5) is 0 Å². The van der Waals surface area contributed by atoms with Crippen LogP contribution in [0.25, 0.3) is 5.69 Å². The minimum absolute atomic E-state index is 0.0116. The normalized spacial score (nSPS) is 18.5. The highest BCUT2D eigenvalue weighted by atomic mass is 35.5. The molecule has 1 aromatic carbocycles. The van der Waals surface area contributed by atoms with Gasteiger partial charge >= 0.3 is 0 Å². The van der Waals surface area contributed by atoms with Gasteiger partial charge in [-0.15, -0.1) is 0 Å². The maximum absolute atomic E-state index is 6.32. The Labute approximate surface area is 195 Å². The van der Waals surface area contributed by atoms with Gasteiger partial charge in [0.05, 0.1) is 17.8 Å². The second kappa shape index (κ2) is 9.01. The van der Waals surface area contributed by atoms with Crippen LogP contribution < -0.4 is 5.32 Å². The van der Waals surface area contributed by atoms with Gasteiger partial charge in [0.2, 0.25) is 0 Å². The van der Waals surface area contributed by atoms with Gasteiger partial charge in [0.25, 0.3) is 0 Å². The van der Waals surface area contributed by atoms with Crippen LogP contribution in [0.3, 0.4) is 0 Å². The molecule has 2 aromatic heterocycles. The highest BCUT2D eigenvalue weighted by molar-refractivity contribution is 7.80. The van der Waals surface area contributed by atoms with Crippen molar-refractivity contribution in [2.24, 2.45) is 0 Å². The lowest BCUT2D eigenvalue weighted by atomic mass is 9.93. The smallest absolute Gasteiger partial charge is 0.170 e. The van der Waals surface area contributed by atoms with Crippen LogP contribution in [-0.4, -0.2) is 26.1 Å². The molecule has 0 spiro atoms. The standard InChI is InChI=1S/C25H29ClN4S/c1-5-6-14-29-24(23(28-25(29)31)21-12-7-8-13-27-21)22-16(2)17(3)30(18(22)4)20-11-9-10-19(26)15-20/h7-13,15,23-24H,5-6,14H2,1-4H3,(H,28,31)/t23-,24-/m1/s1. The molecule has 0 unspecified atom stereocenters. The Balaban J connectivity index is 1.88. The summed E-state index contributed by atoms with van der Waals surface area (Å²) in [4.78, 5) is 7.03. The van der Waals surface area contributed by atoms with Crippen molar-refractivity contribution >= 4 is 28.9 Å². The van der Waals surface area contributed by atoms with Gasteiger partial charge in [-0.2, -0.15) is 0 Å². The fourth-order valence-corrected chi connectivity index (χ4v) is 5.25. The van der Waals surface area contributed by atoms with Gasteiger partial charge in [0.1, 0.15) is 0 Å². The Hall–Kier alpha value is -2.37. The molecule has 3 heterocycles. The first-order valence-electron chi connectivity index (χ1n) is 10.9. The number of halogens is 1. The number of hydrogen-bond acceptors (Lipinski definition) is 2. The molecule has 0 saturated carbocycles. The zero-order chi connectivity index (χ0) is 22.1. The number of benzene rings is 1. The zero-order valence-electron chi connectivity index (χ0n) is 18.5. The third kappa shape index (κ3) is 3.97. The first kappa shape index (κ1) is 21.8. The van der Waals surface area contributed by atoms with E-state index in [2.05, 4.69) is 59.6 Å². The van der Waals surface area contributed by atoms with Crippen LogP contribution in [-0.2, 0) is 0 Å². The Morgan fingerprint density at radius 1 is 1.10 bits per heavy atom. The Bertz CT molecular complexity index is 1090. The second-order valence-electron chi connectivity index (χ2n) is 8.20. The molecule has 1 N–H and O–H groups in total. The molecule has 3 aromatic rings. The predicted octanol–water partition coefficient (Wildman–Crippen LogP) is 6.22. The third-order valence-electron chi connectivity index (χ3n) is 6.32. The molecule has 31 heavy (non-hydrogen) atoms. The van der Waals surface area contributed by atoms with Gasteiger partial charge in [-0.3, -0.25) is 4.98 Å². The molecule has 0 bridgehead atoms. The third-order valence-corrected chi connectivity index (χ3v) is 6.91. The highest BCUT2D eigenvalue weighted by Crippen LogP contribution is 2.43. The van der Waals surface area contributed by atoms with Crippen LogP contribution >= 0.6 is 23.8 Å². The molecule has 0 aliphatic carbocycles. The first-order valence-corrected chi connectivity index (χ1v) is 11.6. The molecule has 162 valence electrons. The van der Waals surface area contributed by atoms with Gasteiger partial charge in [-0.25, -0.2) is 0 Å². The van der Waals surface area contributed by atoms with Gasteiger partial charge < -0.3 is 14.8 Å². The van der Waals surface area contributed by atoms with Crippen LogP contribution in [0.15, 0.2) is 48.7 Å².